The Balaban J connectivity index is 1.41. The van der Waals surface area contributed by atoms with Crippen LogP contribution in [0.15, 0.2) is 34.9 Å². The van der Waals surface area contributed by atoms with Gasteiger partial charge in [0, 0.05) is 11.6 Å². The van der Waals surface area contributed by atoms with Crippen molar-refractivity contribution < 1.29 is 14.1 Å². The summed E-state index contributed by atoms with van der Waals surface area (Å²) in [7, 11) is 1.64. The molecule has 2 aromatic rings. The molecule has 2 fully saturated rings. The van der Waals surface area contributed by atoms with Gasteiger partial charge in [0.25, 0.3) is 0 Å². The minimum absolute atomic E-state index is 0.149. The first-order chi connectivity index (χ1) is 13.2. The molecule has 6 nitrogen and oxygen atoms in total. The van der Waals surface area contributed by atoms with Crippen molar-refractivity contribution >= 4 is 5.91 Å². The van der Waals surface area contributed by atoms with Crippen LogP contribution in [0.3, 0.4) is 0 Å². The number of hydrogen-bond acceptors (Lipinski definition) is 5. The van der Waals surface area contributed by atoms with E-state index in [0.29, 0.717) is 12.3 Å². The Morgan fingerprint density at radius 2 is 1.89 bits per heavy atom. The number of benzene rings is 1. The molecule has 0 bridgehead atoms. The minimum atomic E-state index is -0.306. The summed E-state index contributed by atoms with van der Waals surface area (Å²) < 4.78 is 10.6. The van der Waals surface area contributed by atoms with Crippen molar-refractivity contribution in [3.05, 3.63) is 36.0 Å². The van der Waals surface area contributed by atoms with E-state index in [2.05, 4.69) is 15.4 Å². The smallest absolute Gasteiger partial charge is 0.240 e. The second-order valence-corrected chi connectivity index (χ2v) is 7.53. The van der Waals surface area contributed by atoms with E-state index in [1.165, 1.54) is 12.8 Å². The summed E-state index contributed by atoms with van der Waals surface area (Å²) >= 11 is 0. The first kappa shape index (κ1) is 18.0. The summed E-state index contributed by atoms with van der Waals surface area (Å²) in [6.07, 6.45) is 6.60. The van der Waals surface area contributed by atoms with Crippen LogP contribution in [0.1, 0.15) is 44.2 Å². The Morgan fingerprint density at radius 1 is 1.19 bits per heavy atom. The lowest BCUT2D eigenvalue weighted by atomic mass is 9.94. The number of methoxy groups -OCH3 is 1. The van der Waals surface area contributed by atoms with Gasteiger partial charge < -0.3 is 14.6 Å². The maximum Gasteiger partial charge on any atom is 0.240 e. The zero-order chi connectivity index (χ0) is 18.7. The van der Waals surface area contributed by atoms with Crippen LogP contribution in [0.2, 0.25) is 0 Å². The summed E-state index contributed by atoms with van der Waals surface area (Å²) in [5.74, 6) is 1.64. The molecule has 0 atom stereocenters. The standard InChI is InChI=1S/C21H27N3O3/c1-26-18-8-6-16(7-9-18)19-14-17(23-27-19)15-22-20(25)21(10-2-3-11-21)24-12-4-5-13-24/h6-9,14H,2-5,10-13,15H2,1H3,(H,22,25). The SMILES string of the molecule is COc1ccc(-c2cc(CNC(=O)C3(N4CCCC4)CCCC3)no2)cc1. The minimum Gasteiger partial charge on any atom is -0.497 e. The average molecular weight is 369 g/mol. The van der Waals surface area contributed by atoms with Gasteiger partial charge in [-0.3, -0.25) is 9.69 Å². The number of hydrogen-bond donors (Lipinski definition) is 1. The molecule has 27 heavy (non-hydrogen) atoms. The van der Waals surface area contributed by atoms with Crippen LogP contribution in [0.4, 0.5) is 0 Å². The zero-order valence-electron chi connectivity index (χ0n) is 15.9. The number of ether oxygens (including phenoxy) is 1. The first-order valence-electron chi connectivity index (χ1n) is 9.85. The van der Waals surface area contributed by atoms with Crippen molar-refractivity contribution in [1.29, 1.82) is 0 Å². The van der Waals surface area contributed by atoms with Gasteiger partial charge in [0.1, 0.15) is 17.0 Å². The highest BCUT2D eigenvalue weighted by Gasteiger charge is 2.46. The summed E-state index contributed by atoms with van der Waals surface area (Å²) in [6, 6.07) is 9.53. The van der Waals surface area contributed by atoms with Crippen LogP contribution in [-0.2, 0) is 11.3 Å². The monoisotopic (exact) mass is 369 g/mol. The van der Waals surface area contributed by atoms with Crippen molar-refractivity contribution in [3.8, 4) is 17.1 Å². The predicted molar refractivity (Wildman–Crippen MR) is 102 cm³/mol. The molecule has 6 heteroatoms. The Labute approximate surface area is 159 Å². The van der Waals surface area contributed by atoms with Crippen LogP contribution in [0, 0.1) is 0 Å². The third-order valence-electron chi connectivity index (χ3n) is 5.93. The Hall–Kier alpha value is -2.34. The lowest BCUT2D eigenvalue weighted by Crippen LogP contribution is -2.56. The molecular weight excluding hydrogens is 342 g/mol. The molecule has 0 radical (unpaired) electrons. The normalized spacial score (nSPS) is 19.3. The highest BCUT2D eigenvalue weighted by atomic mass is 16.5. The summed E-state index contributed by atoms with van der Waals surface area (Å²) in [4.78, 5) is 15.5. The molecule has 4 rings (SSSR count). The summed E-state index contributed by atoms with van der Waals surface area (Å²) in [5, 5.41) is 7.24. The second kappa shape index (κ2) is 7.72. The van der Waals surface area contributed by atoms with E-state index >= 15 is 0 Å². The van der Waals surface area contributed by atoms with Crippen LogP contribution in [-0.4, -0.2) is 41.7 Å². The van der Waals surface area contributed by atoms with E-state index in [-0.39, 0.29) is 11.4 Å². The van der Waals surface area contributed by atoms with Gasteiger partial charge >= 0.3 is 0 Å². The van der Waals surface area contributed by atoms with Crippen molar-refractivity contribution in [2.45, 2.75) is 50.6 Å². The molecule has 1 aromatic heterocycles. The lowest BCUT2D eigenvalue weighted by molar-refractivity contribution is -0.133. The van der Waals surface area contributed by atoms with Crippen molar-refractivity contribution in [2.75, 3.05) is 20.2 Å². The molecule has 144 valence electrons. The molecule has 1 aliphatic heterocycles. The van der Waals surface area contributed by atoms with E-state index in [4.69, 9.17) is 9.26 Å². The highest BCUT2D eigenvalue weighted by molar-refractivity contribution is 5.86. The number of carbonyl (C=O) groups is 1. The average Bonchev–Trinajstić information content (AvgIpc) is 3.47. The van der Waals surface area contributed by atoms with Gasteiger partial charge in [-0.2, -0.15) is 0 Å². The molecule has 2 aliphatic rings. The fourth-order valence-corrected chi connectivity index (χ4v) is 4.41. The zero-order valence-corrected chi connectivity index (χ0v) is 15.9. The third kappa shape index (κ3) is 3.58. The number of rotatable bonds is 6. The molecule has 1 N–H and O–H groups in total. The molecular formula is C21H27N3O3. The van der Waals surface area contributed by atoms with Gasteiger partial charge in [-0.1, -0.05) is 18.0 Å². The number of nitrogens with zero attached hydrogens (tertiary/aromatic N) is 2. The second-order valence-electron chi connectivity index (χ2n) is 7.53. The molecule has 1 aliphatic carbocycles. The molecule has 0 spiro atoms. The van der Waals surface area contributed by atoms with E-state index in [1.54, 1.807) is 7.11 Å². The fraction of sp³-hybridized carbons (Fsp3) is 0.524. The van der Waals surface area contributed by atoms with Crippen LogP contribution in [0.25, 0.3) is 11.3 Å². The predicted octanol–water partition coefficient (Wildman–Crippen LogP) is 3.38. The van der Waals surface area contributed by atoms with Crippen molar-refractivity contribution in [3.63, 3.8) is 0 Å². The number of aromatic nitrogens is 1. The molecule has 1 amide bonds. The molecule has 0 unspecified atom stereocenters. The summed E-state index contributed by atoms with van der Waals surface area (Å²) in [5.41, 5.74) is 1.37. The highest BCUT2D eigenvalue weighted by Crippen LogP contribution is 2.37. The van der Waals surface area contributed by atoms with Gasteiger partial charge in [-0.05, 0) is 63.0 Å². The van der Waals surface area contributed by atoms with E-state index in [9.17, 15) is 4.79 Å². The van der Waals surface area contributed by atoms with Crippen LogP contribution >= 0.6 is 0 Å². The number of carbonyl (C=O) groups excluding carboxylic acids is 1. The largest absolute Gasteiger partial charge is 0.497 e. The number of amides is 1. The van der Waals surface area contributed by atoms with E-state index in [1.807, 2.05) is 30.3 Å². The first-order valence-corrected chi connectivity index (χ1v) is 9.85. The van der Waals surface area contributed by atoms with Crippen LogP contribution in [0.5, 0.6) is 5.75 Å². The molecule has 2 heterocycles. The number of nitrogens with one attached hydrogen (secondary N) is 1. The third-order valence-corrected chi connectivity index (χ3v) is 5.93. The van der Waals surface area contributed by atoms with Gasteiger partial charge in [-0.15, -0.1) is 0 Å². The molecule has 1 saturated carbocycles. The van der Waals surface area contributed by atoms with Gasteiger partial charge in [0.05, 0.1) is 13.7 Å². The maximum absolute atomic E-state index is 13.0. The fourth-order valence-electron chi connectivity index (χ4n) is 4.41. The van der Waals surface area contributed by atoms with Gasteiger partial charge in [0.15, 0.2) is 5.76 Å². The van der Waals surface area contributed by atoms with E-state index < -0.39 is 0 Å². The Bertz CT molecular complexity index is 772. The Kier molecular flexibility index (Phi) is 5.16. The van der Waals surface area contributed by atoms with Crippen molar-refractivity contribution in [1.82, 2.24) is 15.4 Å². The summed E-state index contributed by atoms with van der Waals surface area (Å²) in [6.45, 7) is 2.48. The topological polar surface area (TPSA) is 67.6 Å². The van der Waals surface area contributed by atoms with Gasteiger partial charge in [-0.25, -0.2) is 0 Å². The Morgan fingerprint density at radius 3 is 2.56 bits per heavy atom. The van der Waals surface area contributed by atoms with Crippen molar-refractivity contribution in [2.24, 2.45) is 0 Å². The van der Waals surface area contributed by atoms with Crippen LogP contribution < -0.4 is 10.1 Å². The lowest BCUT2D eigenvalue weighted by Gasteiger charge is -2.37. The molecule has 1 aromatic carbocycles. The number of likely N-dealkylation sites (tertiary alicyclic amines) is 1. The maximum atomic E-state index is 13.0. The quantitative estimate of drug-likeness (QED) is 0.845. The van der Waals surface area contributed by atoms with Gasteiger partial charge in [0.2, 0.25) is 5.91 Å². The van der Waals surface area contributed by atoms with E-state index in [0.717, 1.165) is 55.8 Å². The molecule has 1 saturated heterocycles.